The van der Waals surface area contributed by atoms with E-state index in [0.29, 0.717) is 10.8 Å². The Labute approximate surface area is 85.2 Å². The molecule has 3 aliphatic rings. The van der Waals surface area contributed by atoms with Crippen molar-refractivity contribution >= 4 is 11.8 Å². The Hall–Kier alpha value is 0.0900. The molecule has 0 aromatic rings. The molecule has 72 valence electrons. The summed E-state index contributed by atoms with van der Waals surface area (Å²) in [6.45, 7) is 5.02. The van der Waals surface area contributed by atoms with Crippen LogP contribution in [0.2, 0.25) is 0 Å². The Morgan fingerprint density at radius 1 is 1.46 bits per heavy atom. The second-order valence-corrected chi connectivity index (χ2v) is 6.52. The largest absolute Gasteiger partial charge is 0.157 e. The van der Waals surface area contributed by atoms with E-state index >= 15 is 0 Å². The summed E-state index contributed by atoms with van der Waals surface area (Å²) in [7, 11) is 0. The van der Waals surface area contributed by atoms with Crippen LogP contribution in [0.4, 0.5) is 0 Å². The van der Waals surface area contributed by atoms with E-state index in [-0.39, 0.29) is 0 Å². The van der Waals surface area contributed by atoms with E-state index in [4.69, 9.17) is 0 Å². The van der Waals surface area contributed by atoms with Gasteiger partial charge in [-0.15, -0.1) is 0 Å². The summed E-state index contributed by atoms with van der Waals surface area (Å²) < 4.78 is 0. The minimum Gasteiger partial charge on any atom is -0.157 e. The maximum absolute atomic E-state index is 2.54. The van der Waals surface area contributed by atoms with Crippen LogP contribution in [-0.2, 0) is 0 Å². The minimum absolute atomic E-state index is 0.603. The standard InChI is InChI=1S/C12H18S/c1-11(2)9-3-5-12(11)8-13-6-4-10(12)7-9/h4,9H,3,5-8H2,1-2H3/t9-,12-/m1/s1. The second kappa shape index (κ2) is 2.36. The first-order valence-corrected chi connectivity index (χ1v) is 6.59. The van der Waals surface area contributed by atoms with Gasteiger partial charge in [0.15, 0.2) is 0 Å². The molecule has 0 saturated heterocycles. The molecule has 2 fully saturated rings. The number of allylic oxidation sites excluding steroid dienone is 1. The van der Waals surface area contributed by atoms with Gasteiger partial charge in [-0.05, 0) is 30.6 Å². The summed E-state index contributed by atoms with van der Waals surface area (Å²) in [5.74, 6) is 3.68. The maximum Gasteiger partial charge on any atom is 0.0116 e. The average molecular weight is 194 g/mol. The van der Waals surface area contributed by atoms with Crippen LogP contribution in [-0.4, -0.2) is 11.5 Å². The average Bonchev–Trinajstić information content (AvgIpc) is 2.50. The first kappa shape index (κ1) is 8.40. The molecule has 1 spiro atoms. The molecule has 1 heteroatoms. The number of hydrogen-bond donors (Lipinski definition) is 0. The Kier molecular flexibility index (Phi) is 1.53. The van der Waals surface area contributed by atoms with Crippen LogP contribution in [0.25, 0.3) is 0 Å². The van der Waals surface area contributed by atoms with Crippen molar-refractivity contribution in [3.05, 3.63) is 11.6 Å². The highest BCUT2D eigenvalue weighted by Crippen LogP contribution is 2.69. The van der Waals surface area contributed by atoms with Gasteiger partial charge in [0, 0.05) is 16.9 Å². The number of hydrogen-bond acceptors (Lipinski definition) is 1. The molecule has 2 aliphatic carbocycles. The highest BCUT2D eigenvalue weighted by molar-refractivity contribution is 7.99. The summed E-state index contributed by atoms with van der Waals surface area (Å²) in [6.07, 6.45) is 6.93. The van der Waals surface area contributed by atoms with E-state index in [0.717, 1.165) is 5.92 Å². The lowest BCUT2D eigenvalue weighted by Crippen LogP contribution is -2.35. The molecule has 0 aromatic heterocycles. The van der Waals surface area contributed by atoms with Gasteiger partial charge in [-0.1, -0.05) is 25.5 Å². The van der Waals surface area contributed by atoms with Crippen molar-refractivity contribution in [1.29, 1.82) is 0 Å². The zero-order valence-electron chi connectivity index (χ0n) is 8.60. The molecule has 13 heavy (non-hydrogen) atoms. The first-order valence-electron chi connectivity index (χ1n) is 5.44. The van der Waals surface area contributed by atoms with E-state index in [2.05, 4.69) is 31.7 Å². The van der Waals surface area contributed by atoms with Crippen LogP contribution in [0.15, 0.2) is 11.6 Å². The van der Waals surface area contributed by atoms with E-state index in [9.17, 15) is 0 Å². The highest BCUT2D eigenvalue weighted by Gasteiger charge is 2.61. The lowest BCUT2D eigenvalue weighted by Gasteiger charge is -2.41. The van der Waals surface area contributed by atoms with Gasteiger partial charge in [0.2, 0.25) is 0 Å². The zero-order chi connectivity index (χ0) is 9.10. The smallest absolute Gasteiger partial charge is 0.0116 e. The Balaban J connectivity index is 2.13. The van der Waals surface area contributed by atoms with Gasteiger partial charge in [-0.2, -0.15) is 11.8 Å². The van der Waals surface area contributed by atoms with Crippen molar-refractivity contribution in [3.8, 4) is 0 Å². The van der Waals surface area contributed by atoms with E-state index < -0.39 is 0 Å². The quantitative estimate of drug-likeness (QED) is 0.532. The fraction of sp³-hybridized carbons (Fsp3) is 0.833. The topological polar surface area (TPSA) is 0 Å². The zero-order valence-corrected chi connectivity index (χ0v) is 9.41. The third-order valence-corrected chi connectivity index (χ3v) is 6.15. The fourth-order valence-corrected chi connectivity index (χ4v) is 5.40. The molecule has 0 N–H and O–H groups in total. The molecule has 0 aromatic carbocycles. The molecule has 0 amide bonds. The SMILES string of the molecule is CC1(C)[C@@H]2CC[C@]13CSCC=C3C2. The van der Waals surface area contributed by atoms with Gasteiger partial charge in [-0.25, -0.2) is 0 Å². The highest BCUT2D eigenvalue weighted by atomic mass is 32.2. The summed E-state index contributed by atoms with van der Waals surface area (Å²) in [4.78, 5) is 0. The minimum atomic E-state index is 0.603. The molecule has 1 aliphatic heterocycles. The van der Waals surface area contributed by atoms with E-state index in [1.807, 2.05) is 5.57 Å². The van der Waals surface area contributed by atoms with E-state index in [1.54, 1.807) is 0 Å². The lowest BCUT2D eigenvalue weighted by atomic mass is 9.69. The Morgan fingerprint density at radius 2 is 2.31 bits per heavy atom. The number of thioether (sulfide) groups is 1. The Morgan fingerprint density at radius 3 is 3.00 bits per heavy atom. The second-order valence-electron chi connectivity index (χ2n) is 5.49. The molecule has 3 rings (SSSR count). The molecule has 2 bridgehead atoms. The normalized spacial score (nSPS) is 46.0. The molecule has 0 nitrogen and oxygen atoms in total. The van der Waals surface area contributed by atoms with Gasteiger partial charge in [0.25, 0.3) is 0 Å². The van der Waals surface area contributed by atoms with E-state index in [1.165, 1.54) is 30.8 Å². The summed E-state index contributed by atoms with van der Waals surface area (Å²) in [5, 5.41) is 0. The third-order valence-electron chi connectivity index (χ3n) is 5.05. The maximum atomic E-state index is 2.54. The molecule has 0 unspecified atom stereocenters. The number of fused-ring (bicyclic) bond motifs is 1. The summed E-state index contributed by atoms with van der Waals surface area (Å²) in [5.41, 5.74) is 3.06. The predicted octanol–water partition coefficient (Wildman–Crippen LogP) is 3.49. The van der Waals surface area contributed by atoms with Crippen LogP contribution in [0.3, 0.4) is 0 Å². The van der Waals surface area contributed by atoms with Crippen molar-refractivity contribution in [1.82, 2.24) is 0 Å². The van der Waals surface area contributed by atoms with Crippen molar-refractivity contribution in [2.45, 2.75) is 33.1 Å². The fourth-order valence-electron chi connectivity index (χ4n) is 3.91. The van der Waals surface area contributed by atoms with Crippen molar-refractivity contribution in [2.75, 3.05) is 11.5 Å². The van der Waals surface area contributed by atoms with Crippen molar-refractivity contribution < 1.29 is 0 Å². The van der Waals surface area contributed by atoms with Gasteiger partial charge in [0.1, 0.15) is 0 Å². The molecular weight excluding hydrogens is 176 g/mol. The third kappa shape index (κ3) is 0.806. The van der Waals surface area contributed by atoms with Crippen LogP contribution >= 0.6 is 11.8 Å². The molecule has 0 radical (unpaired) electrons. The van der Waals surface area contributed by atoms with Crippen molar-refractivity contribution in [3.63, 3.8) is 0 Å². The molecular formula is C12H18S. The summed E-state index contributed by atoms with van der Waals surface area (Å²) >= 11 is 2.15. The monoisotopic (exact) mass is 194 g/mol. The predicted molar refractivity (Wildman–Crippen MR) is 59.0 cm³/mol. The molecule has 2 atom stereocenters. The van der Waals surface area contributed by atoms with Crippen LogP contribution in [0.1, 0.15) is 33.1 Å². The Bertz CT molecular complexity index is 277. The summed E-state index contributed by atoms with van der Waals surface area (Å²) in [6, 6.07) is 0. The number of rotatable bonds is 0. The molecule has 2 saturated carbocycles. The van der Waals surface area contributed by atoms with Crippen molar-refractivity contribution in [2.24, 2.45) is 16.7 Å². The van der Waals surface area contributed by atoms with Crippen LogP contribution < -0.4 is 0 Å². The van der Waals surface area contributed by atoms with Gasteiger partial charge in [0.05, 0.1) is 0 Å². The van der Waals surface area contributed by atoms with Gasteiger partial charge in [-0.3, -0.25) is 0 Å². The lowest BCUT2D eigenvalue weighted by molar-refractivity contribution is 0.183. The van der Waals surface area contributed by atoms with Gasteiger partial charge < -0.3 is 0 Å². The van der Waals surface area contributed by atoms with Gasteiger partial charge >= 0.3 is 0 Å². The van der Waals surface area contributed by atoms with Crippen LogP contribution in [0.5, 0.6) is 0 Å². The first-order chi connectivity index (χ1) is 6.17. The van der Waals surface area contributed by atoms with Crippen LogP contribution in [0, 0.1) is 16.7 Å². The molecule has 1 heterocycles.